The molecular formula is C29H38N4O6. The van der Waals surface area contributed by atoms with E-state index in [0.29, 0.717) is 12.2 Å². The molecule has 1 heterocycles. The molecule has 1 aliphatic heterocycles. The Labute approximate surface area is 230 Å². The van der Waals surface area contributed by atoms with Crippen LogP contribution in [0.2, 0.25) is 0 Å². The standard InChI is InChI=1S/C16H17NO2.C13H21N3O4/c1-12-4-6-13(7-5-12)14-8-9-16(19-11-18)15(10-14)17(2)3;1-13(2,3)20-12(19)16-7-9(6-10(17)8-16)11(18)15-5-4-14/h4-11H,1-3H3;9-10,17H,5-8H2,1-3H3,(H,15,18). The molecule has 1 aliphatic rings. The van der Waals surface area contributed by atoms with Crippen molar-refractivity contribution in [2.24, 2.45) is 5.92 Å². The highest BCUT2D eigenvalue weighted by atomic mass is 16.6. The number of carbonyl (C=O) groups is 3. The minimum absolute atomic E-state index is 0.0855. The molecule has 0 aromatic heterocycles. The van der Waals surface area contributed by atoms with Crippen molar-refractivity contribution in [2.45, 2.75) is 45.8 Å². The third-order valence-corrected chi connectivity index (χ3v) is 5.79. The van der Waals surface area contributed by atoms with E-state index >= 15 is 0 Å². The third-order valence-electron chi connectivity index (χ3n) is 5.79. The number of likely N-dealkylation sites (tertiary alicyclic amines) is 1. The molecule has 2 atom stereocenters. The number of carbonyl (C=O) groups excluding carboxylic acids is 3. The Morgan fingerprint density at radius 3 is 2.36 bits per heavy atom. The molecule has 2 amide bonds. The monoisotopic (exact) mass is 538 g/mol. The Kier molecular flexibility index (Phi) is 11.3. The lowest BCUT2D eigenvalue weighted by Crippen LogP contribution is -2.51. The van der Waals surface area contributed by atoms with E-state index in [0.717, 1.165) is 16.8 Å². The highest BCUT2D eigenvalue weighted by Crippen LogP contribution is 2.32. The van der Waals surface area contributed by atoms with Crippen LogP contribution in [0.15, 0.2) is 42.5 Å². The molecule has 1 fully saturated rings. The molecule has 2 N–H and O–H groups in total. The van der Waals surface area contributed by atoms with Gasteiger partial charge in [-0.1, -0.05) is 35.9 Å². The Morgan fingerprint density at radius 1 is 1.15 bits per heavy atom. The number of aliphatic hydroxyl groups excluding tert-OH is 1. The fourth-order valence-corrected chi connectivity index (χ4v) is 3.95. The van der Waals surface area contributed by atoms with Gasteiger partial charge in [-0.15, -0.1) is 0 Å². The number of aryl methyl sites for hydroxylation is 1. The molecule has 2 aromatic rings. The first-order valence-electron chi connectivity index (χ1n) is 12.6. The predicted molar refractivity (Wildman–Crippen MR) is 148 cm³/mol. The van der Waals surface area contributed by atoms with E-state index in [4.69, 9.17) is 14.7 Å². The summed E-state index contributed by atoms with van der Waals surface area (Å²) >= 11 is 0. The van der Waals surface area contributed by atoms with E-state index in [9.17, 15) is 19.5 Å². The van der Waals surface area contributed by atoms with Crippen LogP contribution in [0.1, 0.15) is 32.8 Å². The van der Waals surface area contributed by atoms with Crippen LogP contribution in [0.4, 0.5) is 10.5 Å². The van der Waals surface area contributed by atoms with Gasteiger partial charge in [0.15, 0.2) is 5.75 Å². The number of nitrogens with zero attached hydrogens (tertiary/aromatic N) is 3. The van der Waals surface area contributed by atoms with Crippen molar-refractivity contribution < 1.29 is 29.0 Å². The summed E-state index contributed by atoms with van der Waals surface area (Å²) in [4.78, 5) is 37.5. The van der Waals surface area contributed by atoms with Crippen LogP contribution in [0.25, 0.3) is 11.1 Å². The Balaban J connectivity index is 0.000000274. The second-order valence-corrected chi connectivity index (χ2v) is 10.5. The number of nitriles is 1. The van der Waals surface area contributed by atoms with E-state index in [2.05, 4.69) is 36.5 Å². The number of aliphatic hydroxyl groups is 1. The summed E-state index contributed by atoms with van der Waals surface area (Å²) in [5, 5.41) is 20.7. The molecule has 3 rings (SSSR count). The second kappa shape index (κ2) is 14.2. The zero-order valence-corrected chi connectivity index (χ0v) is 23.4. The van der Waals surface area contributed by atoms with Gasteiger partial charge in [0.1, 0.15) is 12.1 Å². The smallest absolute Gasteiger partial charge is 0.410 e. The van der Waals surface area contributed by atoms with Gasteiger partial charge in [-0.25, -0.2) is 4.79 Å². The summed E-state index contributed by atoms with van der Waals surface area (Å²) in [7, 11) is 3.85. The first-order chi connectivity index (χ1) is 18.3. The lowest BCUT2D eigenvalue weighted by Gasteiger charge is -2.35. The lowest BCUT2D eigenvalue weighted by molar-refractivity contribution is -0.128. The van der Waals surface area contributed by atoms with Crippen LogP contribution in [-0.2, 0) is 14.3 Å². The quantitative estimate of drug-likeness (QED) is 0.422. The molecule has 39 heavy (non-hydrogen) atoms. The molecule has 10 heteroatoms. The van der Waals surface area contributed by atoms with Gasteiger partial charge >= 0.3 is 6.09 Å². The highest BCUT2D eigenvalue weighted by molar-refractivity contribution is 5.80. The predicted octanol–water partition coefficient (Wildman–Crippen LogP) is 3.51. The van der Waals surface area contributed by atoms with Gasteiger partial charge in [-0.2, -0.15) is 5.26 Å². The minimum Gasteiger partial charge on any atom is -0.444 e. The van der Waals surface area contributed by atoms with E-state index in [1.807, 2.05) is 43.3 Å². The lowest BCUT2D eigenvalue weighted by atomic mass is 9.95. The van der Waals surface area contributed by atoms with Crippen molar-refractivity contribution >= 4 is 24.2 Å². The van der Waals surface area contributed by atoms with Crippen LogP contribution >= 0.6 is 0 Å². The van der Waals surface area contributed by atoms with Gasteiger partial charge in [-0.05, 0) is 57.4 Å². The first-order valence-corrected chi connectivity index (χ1v) is 12.6. The maximum Gasteiger partial charge on any atom is 0.410 e. The largest absolute Gasteiger partial charge is 0.444 e. The van der Waals surface area contributed by atoms with Gasteiger partial charge in [0, 0.05) is 27.2 Å². The number of nitrogens with one attached hydrogen (secondary N) is 1. The number of anilines is 1. The Bertz CT molecular complexity index is 1170. The third kappa shape index (κ3) is 9.94. The molecule has 10 nitrogen and oxygen atoms in total. The number of rotatable bonds is 6. The number of hydrogen-bond acceptors (Lipinski definition) is 8. The maximum absolute atomic E-state index is 12.0. The zero-order valence-electron chi connectivity index (χ0n) is 23.4. The summed E-state index contributed by atoms with van der Waals surface area (Å²) in [6.07, 6.45) is -1.04. The molecule has 1 saturated heterocycles. The van der Waals surface area contributed by atoms with E-state index in [1.165, 1.54) is 10.5 Å². The number of ether oxygens (including phenoxy) is 2. The number of β-amino-alcohol motifs (C(OH)–C–C–N with tert-alkyl or cyclic N) is 1. The van der Waals surface area contributed by atoms with Crippen molar-refractivity contribution in [3.63, 3.8) is 0 Å². The van der Waals surface area contributed by atoms with Crippen LogP contribution < -0.4 is 15.0 Å². The fourth-order valence-electron chi connectivity index (χ4n) is 3.95. The average molecular weight is 539 g/mol. The van der Waals surface area contributed by atoms with Gasteiger partial charge in [0.25, 0.3) is 6.47 Å². The van der Waals surface area contributed by atoms with E-state index in [-0.39, 0.29) is 32.0 Å². The zero-order chi connectivity index (χ0) is 29.2. The van der Waals surface area contributed by atoms with Crippen molar-refractivity contribution in [2.75, 3.05) is 38.6 Å². The molecule has 2 unspecified atom stereocenters. The van der Waals surface area contributed by atoms with Gasteiger partial charge in [-0.3, -0.25) is 9.59 Å². The molecular weight excluding hydrogens is 500 g/mol. The minimum atomic E-state index is -0.769. The molecule has 0 bridgehead atoms. The van der Waals surface area contributed by atoms with Crippen molar-refractivity contribution in [3.05, 3.63) is 48.0 Å². The average Bonchev–Trinajstić information content (AvgIpc) is 2.87. The molecule has 0 aliphatic carbocycles. The van der Waals surface area contributed by atoms with Crippen molar-refractivity contribution in [3.8, 4) is 22.9 Å². The number of benzene rings is 2. The Morgan fingerprint density at radius 2 is 1.79 bits per heavy atom. The van der Waals surface area contributed by atoms with Gasteiger partial charge in [0.2, 0.25) is 5.91 Å². The van der Waals surface area contributed by atoms with E-state index < -0.39 is 23.7 Å². The van der Waals surface area contributed by atoms with Gasteiger partial charge in [0.05, 0.1) is 23.8 Å². The van der Waals surface area contributed by atoms with Crippen LogP contribution in [0.5, 0.6) is 5.75 Å². The molecule has 2 aromatic carbocycles. The summed E-state index contributed by atoms with van der Waals surface area (Å²) in [6, 6.07) is 15.9. The SMILES string of the molecule is CC(C)(C)OC(=O)N1CC(O)CC(C(=O)NCC#N)C1.Cc1ccc(-c2ccc(OC=O)c(N(C)C)c2)cc1. The summed E-state index contributed by atoms with van der Waals surface area (Å²) in [6.45, 7) is 8.02. The second-order valence-electron chi connectivity index (χ2n) is 10.5. The molecule has 0 saturated carbocycles. The normalized spacial score (nSPS) is 16.6. The van der Waals surface area contributed by atoms with Crippen LogP contribution in [0.3, 0.4) is 0 Å². The molecule has 210 valence electrons. The van der Waals surface area contributed by atoms with Crippen molar-refractivity contribution in [1.29, 1.82) is 5.26 Å². The number of amides is 2. The van der Waals surface area contributed by atoms with Crippen LogP contribution in [-0.4, -0.2) is 73.9 Å². The fraction of sp³-hybridized carbons (Fsp3) is 0.448. The first kappa shape index (κ1) is 31.1. The maximum atomic E-state index is 12.0. The van der Waals surface area contributed by atoms with Crippen molar-refractivity contribution in [1.82, 2.24) is 10.2 Å². The number of piperidine rings is 1. The summed E-state index contributed by atoms with van der Waals surface area (Å²) < 4.78 is 10.2. The summed E-state index contributed by atoms with van der Waals surface area (Å²) in [5.74, 6) is -0.297. The van der Waals surface area contributed by atoms with E-state index in [1.54, 1.807) is 20.8 Å². The molecule has 0 radical (unpaired) electrons. The Hall–Kier alpha value is -4.10. The molecule has 0 spiro atoms. The topological polar surface area (TPSA) is 132 Å². The number of hydrogen-bond donors (Lipinski definition) is 2. The summed E-state index contributed by atoms with van der Waals surface area (Å²) in [5.41, 5.74) is 3.73. The van der Waals surface area contributed by atoms with Crippen LogP contribution in [0, 0.1) is 24.2 Å². The van der Waals surface area contributed by atoms with Gasteiger partial charge < -0.3 is 29.7 Å². The highest BCUT2D eigenvalue weighted by Gasteiger charge is 2.34.